The Balaban J connectivity index is 1.79. The van der Waals surface area contributed by atoms with E-state index >= 15 is 0 Å². The molecule has 0 unspecified atom stereocenters. The van der Waals surface area contributed by atoms with Crippen molar-refractivity contribution < 1.29 is 18.2 Å². The van der Waals surface area contributed by atoms with Crippen LogP contribution in [0.2, 0.25) is 0 Å². The molecule has 3 aromatic rings. The van der Waals surface area contributed by atoms with Crippen molar-refractivity contribution in [2.75, 3.05) is 33.2 Å². The number of H-pyrrole nitrogens is 1. The Morgan fingerprint density at radius 1 is 1.28 bits per heavy atom. The van der Waals surface area contributed by atoms with Crippen molar-refractivity contribution in [1.29, 1.82) is 0 Å². The highest BCUT2D eigenvalue weighted by atomic mass is 32.2. The highest BCUT2D eigenvalue weighted by Gasteiger charge is 2.32. The lowest BCUT2D eigenvalue weighted by atomic mass is 10.1. The molecule has 4 rings (SSSR count). The fraction of sp³-hybridized carbons (Fsp3) is 0.450. The van der Waals surface area contributed by atoms with Crippen LogP contribution in [0.5, 0.6) is 5.75 Å². The van der Waals surface area contributed by atoms with Crippen LogP contribution in [0.15, 0.2) is 27.9 Å². The lowest BCUT2D eigenvalue weighted by Gasteiger charge is -2.44. The van der Waals surface area contributed by atoms with Crippen LogP contribution >= 0.6 is 0 Å². The first-order valence-electron chi connectivity index (χ1n) is 10.4. The topological polar surface area (TPSA) is 144 Å². The van der Waals surface area contributed by atoms with Crippen molar-refractivity contribution in [3.05, 3.63) is 39.5 Å². The zero-order valence-corrected chi connectivity index (χ0v) is 19.0. The van der Waals surface area contributed by atoms with E-state index in [9.17, 15) is 23.5 Å². The molecule has 172 valence electrons. The summed E-state index contributed by atoms with van der Waals surface area (Å²) in [5.74, 6) is -0.153. The van der Waals surface area contributed by atoms with E-state index in [1.165, 1.54) is 34.2 Å². The van der Waals surface area contributed by atoms with Crippen LogP contribution in [-0.4, -0.2) is 75.5 Å². The summed E-state index contributed by atoms with van der Waals surface area (Å²) in [5, 5.41) is 26.9. The van der Waals surface area contributed by atoms with Gasteiger partial charge in [0.15, 0.2) is 5.52 Å². The van der Waals surface area contributed by atoms with Gasteiger partial charge in [-0.2, -0.15) is 9.40 Å². The first kappa shape index (κ1) is 22.4. The number of phenols is 1. The maximum Gasteiger partial charge on any atom is 0.277 e. The number of hydroxylamine groups is 3. The Bertz CT molecular complexity index is 1330. The average molecular weight is 463 g/mol. The quantitative estimate of drug-likeness (QED) is 0.424. The van der Waals surface area contributed by atoms with Crippen LogP contribution in [0.1, 0.15) is 19.0 Å². The van der Waals surface area contributed by atoms with Crippen LogP contribution in [-0.2, 0) is 23.5 Å². The maximum atomic E-state index is 13.1. The number of benzene rings is 1. The number of quaternary nitrogens is 1. The summed E-state index contributed by atoms with van der Waals surface area (Å²) < 4.78 is 28.5. The molecule has 32 heavy (non-hydrogen) atoms. The molecule has 0 radical (unpaired) electrons. The number of sulfonamides is 1. The van der Waals surface area contributed by atoms with Gasteiger partial charge in [0.25, 0.3) is 5.56 Å². The third kappa shape index (κ3) is 3.90. The molecular formula is C20H26N6O5S. The van der Waals surface area contributed by atoms with Crippen LogP contribution < -0.4 is 5.56 Å². The molecular weight excluding hydrogens is 436 g/mol. The predicted molar refractivity (Wildman–Crippen MR) is 118 cm³/mol. The number of aromatic amines is 1. The van der Waals surface area contributed by atoms with E-state index in [0.29, 0.717) is 23.1 Å². The van der Waals surface area contributed by atoms with E-state index < -0.39 is 20.2 Å². The first-order chi connectivity index (χ1) is 15.0. The van der Waals surface area contributed by atoms with Crippen LogP contribution in [0, 0.1) is 5.21 Å². The molecule has 1 aliphatic heterocycles. The summed E-state index contributed by atoms with van der Waals surface area (Å²) in [6.45, 7) is 2.53. The van der Waals surface area contributed by atoms with Gasteiger partial charge in [-0.05, 0) is 24.6 Å². The van der Waals surface area contributed by atoms with Gasteiger partial charge in [0, 0.05) is 7.05 Å². The number of aromatic hydroxyl groups is 1. The number of fused-ring (bicyclic) bond motifs is 1. The number of nitrogens with zero attached hydrogens (tertiary/aromatic N) is 5. The fourth-order valence-corrected chi connectivity index (χ4v) is 5.35. The lowest BCUT2D eigenvalue weighted by Crippen LogP contribution is -2.54. The van der Waals surface area contributed by atoms with Crippen molar-refractivity contribution in [3.63, 3.8) is 0 Å². The molecule has 2 aromatic heterocycles. The predicted octanol–water partition coefficient (Wildman–Crippen LogP) is 0.930. The number of phenolic OH excluding ortho intramolecular Hbond substituents is 1. The number of hydrogen-bond donors (Lipinski definition) is 2. The largest absolute Gasteiger partial charge is 0.633 e. The number of aryl methyl sites for hydroxylation is 2. The molecule has 1 aromatic carbocycles. The molecule has 2 N–H and O–H groups in total. The number of nitrogens with one attached hydrogen (secondary N) is 1. The molecule has 1 aliphatic rings. The van der Waals surface area contributed by atoms with Crippen molar-refractivity contribution in [1.82, 2.24) is 24.1 Å². The van der Waals surface area contributed by atoms with E-state index in [1.54, 1.807) is 7.05 Å². The van der Waals surface area contributed by atoms with E-state index in [1.807, 2.05) is 6.92 Å². The van der Waals surface area contributed by atoms with Gasteiger partial charge >= 0.3 is 0 Å². The number of aromatic nitrogens is 4. The van der Waals surface area contributed by atoms with E-state index in [-0.39, 0.29) is 48.2 Å². The molecule has 0 saturated carbocycles. The molecule has 1 fully saturated rings. The molecule has 1 saturated heterocycles. The van der Waals surface area contributed by atoms with Gasteiger partial charge in [0.05, 0.1) is 49.4 Å². The summed E-state index contributed by atoms with van der Waals surface area (Å²) in [6, 6.07) is 3.86. The molecule has 11 nitrogen and oxygen atoms in total. The third-order valence-electron chi connectivity index (χ3n) is 5.76. The Kier molecular flexibility index (Phi) is 5.57. The number of likely N-dealkylation sites (N-methyl/N-ethyl adjacent to an activating group) is 1. The van der Waals surface area contributed by atoms with E-state index in [2.05, 4.69) is 15.1 Å². The summed E-state index contributed by atoms with van der Waals surface area (Å²) in [7, 11) is -0.708. The number of hydrogen-bond acceptors (Lipinski definition) is 7. The van der Waals surface area contributed by atoms with Crippen molar-refractivity contribution in [2.45, 2.75) is 24.7 Å². The van der Waals surface area contributed by atoms with Gasteiger partial charge in [0.2, 0.25) is 10.0 Å². The number of rotatable bonds is 5. The second-order valence-corrected chi connectivity index (χ2v) is 10.2. The minimum atomic E-state index is -3.89. The van der Waals surface area contributed by atoms with Gasteiger partial charge in [-0.1, -0.05) is 13.3 Å². The van der Waals surface area contributed by atoms with Crippen LogP contribution in [0.3, 0.4) is 0 Å². The van der Waals surface area contributed by atoms with Gasteiger partial charge in [-0.25, -0.2) is 13.4 Å². The monoisotopic (exact) mass is 462 g/mol. The van der Waals surface area contributed by atoms with E-state index in [0.717, 1.165) is 6.42 Å². The zero-order chi connectivity index (χ0) is 23.3. The van der Waals surface area contributed by atoms with Gasteiger partial charge in [-0.3, -0.25) is 9.48 Å². The highest BCUT2D eigenvalue weighted by Crippen LogP contribution is 2.31. The fourth-order valence-electron chi connectivity index (χ4n) is 3.90. The maximum absolute atomic E-state index is 13.1. The van der Waals surface area contributed by atoms with E-state index in [4.69, 9.17) is 0 Å². The molecule has 0 amide bonds. The summed E-state index contributed by atoms with van der Waals surface area (Å²) in [6.07, 6.45) is 1.44. The van der Waals surface area contributed by atoms with Gasteiger partial charge in [-0.15, -0.1) is 0 Å². The molecule has 0 aliphatic carbocycles. The normalized spacial score (nSPS) is 17.1. The highest BCUT2D eigenvalue weighted by molar-refractivity contribution is 7.89. The molecule has 0 spiro atoms. The van der Waals surface area contributed by atoms with Crippen LogP contribution in [0.4, 0.5) is 0 Å². The zero-order valence-electron chi connectivity index (χ0n) is 18.2. The Hall–Kier alpha value is -2.80. The third-order valence-corrected chi connectivity index (χ3v) is 7.65. The molecule has 0 bridgehead atoms. The van der Waals surface area contributed by atoms with Crippen molar-refractivity contribution >= 4 is 21.1 Å². The van der Waals surface area contributed by atoms with Crippen molar-refractivity contribution in [2.24, 2.45) is 7.05 Å². The molecule has 3 heterocycles. The second-order valence-electron chi connectivity index (χ2n) is 8.26. The first-order valence-corrected chi connectivity index (χ1v) is 11.8. The van der Waals surface area contributed by atoms with Crippen molar-refractivity contribution in [3.8, 4) is 17.1 Å². The Labute approximate surface area is 185 Å². The SMILES string of the molecule is CCCc1nn(C)c2c(=O)[nH]c(-c3cc(S(=O)(=O)N4CC[N+](C)([O-])CC4)ccc3O)nc12. The van der Waals surface area contributed by atoms with Crippen LogP contribution in [0.25, 0.3) is 22.4 Å². The van der Waals surface area contributed by atoms with Gasteiger partial charge in [0.1, 0.15) is 17.1 Å². The average Bonchev–Trinajstić information content (AvgIpc) is 3.04. The lowest BCUT2D eigenvalue weighted by molar-refractivity contribution is -0.864. The minimum absolute atomic E-state index is 0.0463. The molecule has 12 heteroatoms. The van der Waals surface area contributed by atoms with Gasteiger partial charge < -0.3 is 19.9 Å². The second kappa shape index (κ2) is 7.96. The molecule has 0 atom stereocenters. The Morgan fingerprint density at radius 3 is 2.62 bits per heavy atom. The summed E-state index contributed by atoms with van der Waals surface area (Å²) >= 11 is 0. The Morgan fingerprint density at radius 2 is 1.97 bits per heavy atom. The summed E-state index contributed by atoms with van der Waals surface area (Å²) in [4.78, 5) is 19.8. The smallest absolute Gasteiger partial charge is 0.277 e. The summed E-state index contributed by atoms with van der Waals surface area (Å²) in [5.41, 5.74) is 1.06. The minimum Gasteiger partial charge on any atom is -0.633 e. The standard InChI is InChI=1S/C20H26N6O5S/c1-4-5-15-17-18(24(2)23-15)20(28)22-19(21-17)14-12-13(6-7-16(14)27)32(30,31)25-8-10-26(3,29)11-9-25/h6-7,12,27H,4-5,8-11H2,1-3H3,(H,21,22,28). The number of piperazine rings is 1.